The number of nitrogens with one attached hydrogen (secondary N) is 1. The molecule has 1 aliphatic rings. The molecule has 1 fully saturated rings. The number of halogens is 2. The lowest BCUT2D eigenvalue weighted by Gasteiger charge is -2.55. The van der Waals surface area contributed by atoms with E-state index in [-0.39, 0.29) is 11.5 Å². The van der Waals surface area contributed by atoms with Crippen LogP contribution in [0.2, 0.25) is 5.02 Å². The van der Waals surface area contributed by atoms with Crippen LogP contribution >= 0.6 is 27.5 Å². The van der Waals surface area contributed by atoms with E-state index >= 15 is 0 Å². The van der Waals surface area contributed by atoms with Crippen molar-refractivity contribution in [1.82, 2.24) is 5.32 Å². The van der Waals surface area contributed by atoms with Gasteiger partial charge in [0.05, 0.1) is 5.02 Å². The molecule has 4 heteroatoms. The third-order valence-corrected chi connectivity index (χ3v) is 5.42. The predicted octanol–water partition coefficient (Wildman–Crippen LogP) is 4.65. The van der Waals surface area contributed by atoms with Crippen molar-refractivity contribution in [2.75, 3.05) is 7.05 Å². The van der Waals surface area contributed by atoms with Gasteiger partial charge in [-0.3, -0.25) is 0 Å². The van der Waals surface area contributed by atoms with Crippen LogP contribution < -0.4 is 10.1 Å². The van der Waals surface area contributed by atoms with Crippen molar-refractivity contribution in [3.8, 4) is 5.75 Å². The zero-order valence-electron chi connectivity index (χ0n) is 11.7. The topological polar surface area (TPSA) is 21.3 Å². The molecule has 1 N–H and O–H groups in total. The summed E-state index contributed by atoms with van der Waals surface area (Å²) in [7, 11) is 2.03. The number of hydrogen-bond acceptors (Lipinski definition) is 2. The van der Waals surface area contributed by atoms with E-state index in [9.17, 15) is 0 Å². The third-order valence-electron chi connectivity index (χ3n) is 4.61. The van der Waals surface area contributed by atoms with Gasteiger partial charge in [-0.05, 0) is 38.1 Å². The van der Waals surface area contributed by atoms with Gasteiger partial charge in [-0.1, -0.05) is 41.4 Å². The van der Waals surface area contributed by atoms with Crippen LogP contribution in [0, 0.1) is 5.41 Å². The zero-order valence-corrected chi connectivity index (χ0v) is 14.0. The summed E-state index contributed by atoms with van der Waals surface area (Å²) in [6.45, 7) is 4.48. The lowest BCUT2D eigenvalue weighted by molar-refractivity contribution is -0.0835. The van der Waals surface area contributed by atoms with Crippen LogP contribution in [-0.4, -0.2) is 19.2 Å². The van der Waals surface area contributed by atoms with E-state index in [2.05, 4.69) is 35.1 Å². The van der Waals surface area contributed by atoms with Gasteiger partial charge in [0.15, 0.2) is 0 Å². The van der Waals surface area contributed by atoms with Crippen molar-refractivity contribution in [3.05, 3.63) is 27.7 Å². The molecule has 2 atom stereocenters. The molecular weight excluding hydrogens is 326 g/mol. The van der Waals surface area contributed by atoms with Crippen LogP contribution in [0.25, 0.3) is 0 Å². The first-order valence-electron chi connectivity index (χ1n) is 6.86. The van der Waals surface area contributed by atoms with Gasteiger partial charge < -0.3 is 10.1 Å². The molecule has 0 saturated heterocycles. The van der Waals surface area contributed by atoms with Crippen LogP contribution in [0.15, 0.2) is 22.7 Å². The minimum Gasteiger partial charge on any atom is -0.488 e. The van der Waals surface area contributed by atoms with Gasteiger partial charge in [0, 0.05) is 22.4 Å². The number of benzene rings is 1. The Kier molecular flexibility index (Phi) is 4.80. The Balaban J connectivity index is 2.17. The van der Waals surface area contributed by atoms with Gasteiger partial charge in [0.2, 0.25) is 0 Å². The Morgan fingerprint density at radius 1 is 1.42 bits per heavy atom. The molecule has 0 aliphatic heterocycles. The maximum Gasteiger partial charge on any atom is 0.139 e. The highest BCUT2D eigenvalue weighted by Gasteiger charge is 2.53. The molecule has 0 radical (unpaired) electrons. The average molecular weight is 347 g/mol. The maximum atomic E-state index is 6.21. The number of hydrogen-bond donors (Lipinski definition) is 1. The quantitative estimate of drug-likeness (QED) is 0.838. The first-order chi connectivity index (χ1) is 9.07. The maximum absolute atomic E-state index is 6.21. The third kappa shape index (κ3) is 2.65. The summed E-state index contributed by atoms with van der Waals surface area (Å²) >= 11 is 9.67. The lowest BCUT2D eigenvalue weighted by Crippen LogP contribution is -2.63. The normalized spacial score (nSPS) is 24.9. The van der Waals surface area contributed by atoms with E-state index in [1.807, 2.05) is 25.2 Å². The van der Waals surface area contributed by atoms with Crippen molar-refractivity contribution in [2.24, 2.45) is 5.41 Å². The molecule has 2 rings (SSSR count). The molecule has 1 saturated carbocycles. The Morgan fingerprint density at radius 2 is 2.11 bits per heavy atom. The van der Waals surface area contributed by atoms with Crippen LogP contribution in [-0.2, 0) is 0 Å². The fraction of sp³-hybridized carbons (Fsp3) is 0.600. The van der Waals surface area contributed by atoms with Crippen molar-refractivity contribution < 1.29 is 4.74 Å². The van der Waals surface area contributed by atoms with E-state index in [0.29, 0.717) is 11.1 Å². The number of rotatable bonds is 5. The van der Waals surface area contributed by atoms with E-state index in [4.69, 9.17) is 16.3 Å². The largest absolute Gasteiger partial charge is 0.488 e. The highest BCUT2D eigenvalue weighted by molar-refractivity contribution is 9.10. The van der Waals surface area contributed by atoms with E-state index in [0.717, 1.165) is 29.5 Å². The van der Waals surface area contributed by atoms with E-state index in [1.165, 1.54) is 0 Å². The average Bonchev–Trinajstić information content (AvgIpc) is 2.39. The molecule has 1 aromatic carbocycles. The van der Waals surface area contributed by atoms with Crippen LogP contribution in [0.5, 0.6) is 5.75 Å². The zero-order chi connectivity index (χ0) is 14.0. The molecule has 2 unspecified atom stereocenters. The molecule has 106 valence electrons. The number of ether oxygens (including phenoxy) is 1. The van der Waals surface area contributed by atoms with Gasteiger partial charge >= 0.3 is 0 Å². The molecule has 0 amide bonds. The molecule has 0 heterocycles. The summed E-state index contributed by atoms with van der Waals surface area (Å²) in [6, 6.07) is 6.29. The molecule has 1 aromatic rings. The van der Waals surface area contributed by atoms with Crippen LogP contribution in [0.1, 0.15) is 33.1 Å². The molecule has 0 aromatic heterocycles. The Morgan fingerprint density at radius 3 is 2.68 bits per heavy atom. The lowest BCUT2D eigenvalue weighted by atomic mass is 9.58. The van der Waals surface area contributed by atoms with Crippen molar-refractivity contribution >= 4 is 27.5 Å². The second-order valence-corrected chi connectivity index (χ2v) is 6.52. The highest BCUT2D eigenvalue weighted by Crippen LogP contribution is 2.49. The Labute approximate surface area is 129 Å². The van der Waals surface area contributed by atoms with Gasteiger partial charge in [0.1, 0.15) is 11.9 Å². The van der Waals surface area contributed by atoms with Gasteiger partial charge in [-0.15, -0.1) is 0 Å². The monoisotopic (exact) mass is 345 g/mol. The van der Waals surface area contributed by atoms with Gasteiger partial charge in [-0.2, -0.15) is 0 Å². The van der Waals surface area contributed by atoms with Crippen molar-refractivity contribution in [1.29, 1.82) is 0 Å². The minimum atomic E-state index is 0.223. The predicted molar refractivity (Wildman–Crippen MR) is 84.0 cm³/mol. The smallest absolute Gasteiger partial charge is 0.139 e. The summed E-state index contributed by atoms with van der Waals surface area (Å²) < 4.78 is 7.19. The molecular formula is C15H21BrClNO. The van der Waals surface area contributed by atoms with Crippen LogP contribution in [0.3, 0.4) is 0 Å². The summed E-state index contributed by atoms with van der Waals surface area (Å²) in [6.07, 6.45) is 3.52. The van der Waals surface area contributed by atoms with Crippen molar-refractivity contribution in [3.63, 3.8) is 0 Å². The SMILES string of the molecule is CCC1(CC)C(NC)CC1Oc1cc(Br)ccc1Cl. The first kappa shape index (κ1) is 15.1. The molecule has 2 nitrogen and oxygen atoms in total. The fourth-order valence-corrected chi connectivity index (χ4v) is 3.74. The minimum absolute atomic E-state index is 0.223. The van der Waals surface area contributed by atoms with Crippen molar-refractivity contribution in [2.45, 2.75) is 45.3 Å². The van der Waals surface area contributed by atoms with E-state index in [1.54, 1.807) is 0 Å². The Hall–Kier alpha value is -0.250. The second kappa shape index (κ2) is 6.02. The summed E-state index contributed by atoms with van der Waals surface area (Å²) in [4.78, 5) is 0. The molecule has 1 aliphatic carbocycles. The summed E-state index contributed by atoms with van der Waals surface area (Å²) in [5.74, 6) is 0.780. The molecule has 0 spiro atoms. The second-order valence-electron chi connectivity index (χ2n) is 5.20. The highest BCUT2D eigenvalue weighted by atomic mass is 79.9. The van der Waals surface area contributed by atoms with E-state index < -0.39 is 0 Å². The Bertz CT molecular complexity index is 448. The standard InChI is InChI=1S/C15H21BrClNO/c1-4-15(5-2)13(18-3)9-14(15)19-12-8-10(16)6-7-11(12)17/h6-8,13-14,18H,4-5,9H2,1-3H3. The molecule has 19 heavy (non-hydrogen) atoms. The fourth-order valence-electron chi connectivity index (χ4n) is 3.24. The summed E-state index contributed by atoms with van der Waals surface area (Å²) in [5.41, 5.74) is 0.223. The summed E-state index contributed by atoms with van der Waals surface area (Å²) in [5, 5.41) is 4.09. The van der Waals surface area contributed by atoms with Gasteiger partial charge in [-0.25, -0.2) is 0 Å². The first-order valence-corrected chi connectivity index (χ1v) is 8.03. The molecule has 0 bridgehead atoms. The van der Waals surface area contributed by atoms with Crippen LogP contribution in [0.4, 0.5) is 0 Å². The van der Waals surface area contributed by atoms with Gasteiger partial charge in [0.25, 0.3) is 0 Å².